The van der Waals surface area contributed by atoms with E-state index in [0.29, 0.717) is 41.2 Å². The number of aromatic nitrogens is 2. The summed E-state index contributed by atoms with van der Waals surface area (Å²) in [6.45, 7) is 3.94. The van der Waals surface area contributed by atoms with E-state index < -0.39 is 17.2 Å². The molecule has 0 aliphatic heterocycles. The number of rotatable bonds is 10. The minimum absolute atomic E-state index is 0.226. The summed E-state index contributed by atoms with van der Waals surface area (Å²) in [4.78, 5) is 26.6. The summed E-state index contributed by atoms with van der Waals surface area (Å²) in [5, 5.41) is 6.36. The first-order valence-corrected chi connectivity index (χ1v) is 12.3. The number of anilines is 5. The second-order valence-electron chi connectivity index (χ2n) is 8.16. The molecule has 2 heterocycles. The Bertz CT molecular complexity index is 1250. The van der Waals surface area contributed by atoms with Crippen molar-refractivity contribution in [2.45, 2.75) is 32.6 Å². The largest absolute Gasteiger partial charge is 0.755 e. The van der Waals surface area contributed by atoms with Crippen LogP contribution in [0, 0.1) is 6.92 Å². The third-order valence-electron chi connectivity index (χ3n) is 5.50. The Morgan fingerprint density at radius 2 is 1.97 bits per heavy atom. The Kier molecular flexibility index (Phi) is 7.59. The van der Waals surface area contributed by atoms with Crippen molar-refractivity contribution in [3.63, 3.8) is 0 Å². The minimum Gasteiger partial charge on any atom is -0.755 e. The molecule has 1 amide bonds. The molecule has 10 nitrogen and oxygen atoms in total. The van der Waals surface area contributed by atoms with Crippen LogP contribution < -0.4 is 20.4 Å². The average molecular weight is 496 g/mol. The molecule has 1 aromatic carbocycles. The molecule has 2 aromatic heterocycles. The molecule has 1 unspecified atom stereocenters. The van der Waals surface area contributed by atoms with E-state index >= 15 is 0 Å². The summed E-state index contributed by atoms with van der Waals surface area (Å²) in [6.07, 6.45) is 3.59. The van der Waals surface area contributed by atoms with Gasteiger partial charge in [-0.25, -0.2) is 15.4 Å². The maximum atomic E-state index is 12.7. The molecule has 1 aliphatic rings. The van der Waals surface area contributed by atoms with Crippen LogP contribution in [0.15, 0.2) is 48.7 Å². The number of pyridine rings is 2. The van der Waals surface area contributed by atoms with Crippen molar-refractivity contribution in [1.29, 1.82) is 0 Å². The minimum atomic E-state index is -2.47. The number of nitrogens with one attached hydrogen (secondary N) is 3. The van der Waals surface area contributed by atoms with Crippen LogP contribution in [0.5, 0.6) is 0 Å². The summed E-state index contributed by atoms with van der Waals surface area (Å²) >= 11 is -2.47. The highest BCUT2D eigenvalue weighted by Crippen LogP contribution is 2.43. The van der Waals surface area contributed by atoms with Crippen LogP contribution in [0.3, 0.4) is 0 Å². The number of carbonyl (C=O) groups excluding carboxylic acids is 1. The van der Waals surface area contributed by atoms with E-state index in [4.69, 9.17) is 4.84 Å². The maximum absolute atomic E-state index is 12.7. The second kappa shape index (κ2) is 10.8. The Morgan fingerprint density at radius 1 is 1.17 bits per heavy atom. The molecule has 184 valence electrons. The average Bonchev–Trinajstić information content (AvgIpc) is 3.68. The van der Waals surface area contributed by atoms with Gasteiger partial charge in [-0.3, -0.25) is 13.8 Å². The first kappa shape index (κ1) is 24.6. The van der Waals surface area contributed by atoms with E-state index in [0.717, 1.165) is 28.4 Å². The van der Waals surface area contributed by atoms with Gasteiger partial charge < -0.3 is 19.5 Å². The molecule has 11 heteroatoms. The van der Waals surface area contributed by atoms with Crippen LogP contribution in [0.25, 0.3) is 0 Å². The van der Waals surface area contributed by atoms with E-state index in [1.807, 2.05) is 43.3 Å². The van der Waals surface area contributed by atoms with Crippen LogP contribution in [0.2, 0.25) is 0 Å². The van der Waals surface area contributed by atoms with E-state index in [-0.39, 0.29) is 5.56 Å². The van der Waals surface area contributed by atoms with Crippen molar-refractivity contribution < 1.29 is 18.4 Å². The molecule has 0 spiro atoms. The highest BCUT2D eigenvalue weighted by Gasteiger charge is 2.25. The lowest BCUT2D eigenvalue weighted by atomic mass is 10.1. The molecule has 0 saturated heterocycles. The predicted octanol–water partition coefficient (Wildman–Crippen LogP) is 4.06. The molecular weight excluding hydrogens is 468 g/mol. The van der Waals surface area contributed by atoms with Gasteiger partial charge >= 0.3 is 0 Å². The van der Waals surface area contributed by atoms with Crippen molar-refractivity contribution in [3.8, 4) is 0 Å². The Labute approximate surface area is 206 Å². The lowest BCUT2D eigenvalue weighted by Gasteiger charge is -2.25. The number of hydrogen-bond acceptors (Lipinski definition) is 8. The fourth-order valence-electron chi connectivity index (χ4n) is 3.56. The summed E-state index contributed by atoms with van der Waals surface area (Å²) < 4.78 is 24.7. The number of benzene rings is 1. The van der Waals surface area contributed by atoms with Crippen molar-refractivity contribution >= 4 is 45.9 Å². The fourth-order valence-corrected chi connectivity index (χ4v) is 3.87. The van der Waals surface area contributed by atoms with Gasteiger partial charge in [-0.05, 0) is 62.4 Å². The van der Waals surface area contributed by atoms with Gasteiger partial charge in [0.1, 0.15) is 11.6 Å². The second-order valence-corrected chi connectivity index (χ2v) is 9.14. The monoisotopic (exact) mass is 495 g/mol. The lowest BCUT2D eigenvalue weighted by Crippen LogP contribution is -2.25. The van der Waals surface area contributed by atoms with Crippen LogP contribution in [0.4, 0.5) is 28.7 Å². The SMILES string of the molecule is CCONC(=O)c1cnc(Nc2cccc(C)n2)cc1Nc1ccc(C2CC2)cc1N(C)S(=O)[O-]. The first-order chi connectivity index (χ1) is 16.9. The molecule has 1 atom stereocenters. The molecule has 1 saturated carbocycles. The molecule has 0 radical (unpaired) electrons. The molecule has 1 fully saturated rings. The van der Waals surface area contributed by atoms with Gasteiger partial charge in [0.2, 0.25) is 0 Å². The highest BCUT2D eigenvalue weighted by molar-refractivity contribution is 7.80. The summed E-state index contributed by atoms with van der Waals surface area (Å²) in [6, 6.07) is 12.9. The quantitative estimate of drug-likeness (QED) is 0.283. The molecule has 4 rings (SSSR count). The van der Waals surface area contributed by atoms with Crippen molar-refractivity contribution in [2.24, 2.45) is 0 Å². The van der Waals surface area contributed by atoms with Crippen LogP contribution in [-0.4, -0.2) is 38.3 Å². The normalized spacial score (nSPS) is 13.7. The van der Waals surface area contributed by atoms with Gasteiger partial charge in [0.05, 0.1) is 29.2 Å². The highest BCUT2D eigenvalue weighted by atomic mass is 32.2. The van der Waals surface area contributed by atoms with Gasteiger partial charge in [0.15, 0.2) is 0 Å². The number of carbonyl (C=O) groups is 1. The number of aryl methyl sites for hydroxylation is 1. The maximum Gasteiger partial charge on any atom is 0.278 e. The molecular formula is C24H27N6O4S-. The molecule has 1 aliphatic carbocycles. The first-order valence-electron chi connectivity index (χ1n) is 11.2. The molecule has 3 aromatic rings. The van der Waals surface area contributed by atoms with Crippen molar-refractivity contribution in [2.75, 3.05) is 28.6 Å². The topological polar surface area (TPSA) is 132 Å². The number of hydrogen-bond donors (Lipinski definition) is 3. The third kappa shape index (κ3) is 6.13. The van der Waals surface area contributed by atoms with Crippen LogP contribution in [-0.2, 0) is 16.1 Å². The number of amides is 1. The molecule has 35 heavy (non-hydrogen) atoms. The van der Waals surface area contributed by atoms with E-state index in [1.54, 1.807) is 13.0 Å². The van der Waals surface area contributed by atoms with Crippen LogP contribution in [0.1, 0.15) is 47.3 Å². The third-order valence-corrected chi connectivity index (χ3v) is 6.15. The lowest BCUT2D eigenvalue weighted by molar-refractivity contribution is 0.0365. The Morgan fingerprint density at radius 3 is 2.66 bits per heavy atom. The summed E-state index contributed by atoms with van der Waals surface area (Å²) in [7, 11) is 1.48. The predicted molar refractivity (Wildman–Crippen MR) is 135 cm³/mol. The van der Waals surface area contributed by atoms with Gasteiger partial charge in [-0.15, -0.1) is 0 Å². The zero-order valence-corrected chi connectivity index (χ0v) is 20.5. The number of nitrogens with zero attached hydrogens (tertiary/aromatic N) is 3. The smallest absolute Gasteiger partial charge is 0.278 e. The van der Waals surface area contributed by atoms with Gasteiger partial charge in [-0.2, -0.15) is 0 Å². The standard InChI is InChI=1S/C24H28N6O4S/c1-4-34-29-24(31)18-14-25-23(28-22-7-5-6-15(2)26-22)13-20(18)27-19-11-10-17(16-8-9-16)12-21(19)30(3)35(32)33/h5-7,10-14,16H,4,8-9H2,1-3H3,(H,29,31)(H,32,33)(H2,25,26,27,28)/p-1. The molecule has 0 bridgehead atoms. The molecule has 3 N–H and O–H groups in total. The Hall–Kier alpha value is -3.54. The van der Waals surface area contributed by atoms with E-state index in [1.165, 1.54) is 13.2 Å². The van der Waals surface area contributed by atoms with Crippen molar-refractivity contribution in [1.82, 2.24) is 15.4 Å². The van der Waals surface area contributed by atoms with Crippen molar-refractivity contribution in [3.05, 3.63) is 65.5 Å². The summed E-state index contributed by atoms with van der Waals surface area (Å²) in [5.74, 6) is 1.02. The van der Waals surface area contributed by atoms with E-state index in [2.05, 4.69) is 26.1 Å². The number of hydroxylamine groups is 1. The Balaban J connectivity index is 1.72. The zero-order valence-electron chi connectivity index (χ0n) is 19.7. The van der Waals surface area contributed by atoms with Gasteiger partial charge in [-0.1, -0.05) is 12.1 Å². The van der Waals surface area contributed by atoms with Gasteiger partial charge in [0.25, 0.3) is 5.91 Å². The van der Waals surface area contributed by atoms with E-state index in [9.17, 15) is 13.6 Å². The zero-order chi connectivity index (χ0) is 24.9. The van der Waals surface area contributed by atoms with Crippen LogP contribution >= 0.6 is 0 Å². The summed E-state index contributed by atoms with van der Waals surface area (Å²) in [5.41, 5.74) is 5.95. The van der Waals surface area contributed by atoms with Gasteiger partial charge in [0, 0.05) is 36.3 Å². The fraction of sp³-hybridized carbons (Fsp3) is 0.292.